The molecule has 9 heteroatoms. The molecule has 1 atom stereocenters. The maximum Gasteiger partial charge on any atom is 0.347 e. The molecule has 0 aliphatic heterocycles. The molecule has 0 saturated carbocycles. The van der Waals surface area contributed by atoms with E-state index >= 15 is 0 Å². The lowest BCUT2D eigenvalue weighted by Gasteiger charge is -2.26. The third-order valence-corrected chi connectivity index (χ3v) is 7.60. The van der Waals surface area contributed by atoms with E-state index in [0.717, 1.165) is 49.7 Å². The van der Waals surface area contributed by atoms with Crippen LogP contribution in [0.1, 0.15) is 76.8 Å². The Hall–Kier alpha value is -3.88. The average Bonchev–Trinajstić information content (AvgIpc) is 2.98. The third-order valence-electron chi connectivity index (χ3n) is 7.60. The number of anilines is 1. The van der Waals surface area contributed by atoms with Crippen LogP contribution in [0.2, 0.25) is 0 Å². The predicted molar refractivity (Wildman–Crippen MR) is 167 cm³/mol. The Morgan fingerprint density at radius 3 is 2.12 bits per heavy atom. The molecule has 228 valence electrons. The molecule has 0 spiro atoms. The largest absolute Gasteiger partial charge is 0.478 e. The summed E-state index contributed by atoms with van der Waals surface area (Å²) in [6.45, 7) is 7.15. The molecule has 0 saturated heterocycles. The number of carboxylic acid groups (broad SMARTS) is 1. The molecule has 0 amide bonds. The molecule has 42 heavy (non-hydrogen) atoms. The molecule has 2 aromatic carbocycles. The first-order chi connectivity index (χ1) is 20.2. The third kappa shape index (κ3) is 9.06. The van der Waals surface area contributed by atoms with Gasteiger partial charge in [0.1, 0.15) is 5.75 Å². The van der Waals surface area contributed by atoms with E-state index in [0.29, 0.717) is 44.6 Å². The summed E-state index contributed by atoms with van der Waals surface area (Å²) in [5, 5.41) is 14.1. The number of aryl methyl sites for hydroxylation is 1. The molecule has 9 nitrogen and oxygen atoms in total. The van der Waals surface area contributed by atoms with Gasteiger partial charge in [-0.1, -0.05) is 88.4 Å². The van der Waals surface area contributed by atoms with E-state index in [4.69, 9.17) is 4.74 Å². The summed E-state index contributed by atoms with van der Waals surface area (Å²) in [5.41, 5.74) is 0.137. The molecule has 1 N–H and O–H groups in total. The van der Waals surface area contributed by atoms with Gasteiger partial charge in [0.05, 0.1) is 0 Å². The number of carboxylic acids is 1. The SMILES string of the molecule is CCCCCCCn1c(=O)c(N(CCc2ccccc2)CCc2ccc(OC(C)(CCC)C(=O)O)cc2)nn(C)c1=O. The van der Waals surface area contributed by atoms with E-state index in [-0.39, 0.29) is 11.4 Å². The van der Waals surface area contributed by atoms with Crippen molar-refractivity contribution in [2.45, 2.75) is 90.7 Å². The van der Waals surface area contributed by atoms with E-state index in [1.807, 2.05) is 42.2 Å². The zero-order chi connectivity index (χ0) is 30.5. The summed E-state index contributed by atoms with van der Waals surface area (Å²) in [6, 6.07) is 17.5. The minimum absolute atomic E-state index is 0.276. The van der Waals surface area contributed by atoms with Crippen LogP contribution in [0.25, 0.3) is 0 Å². The van der Waals surface area contributed by atoms with Crippen LogP contribution in [0.5, 0.6) is 5.75 Å². The minimum Gasteiger partial charge on any atom is -0.478 e. The first kappa shape index (κ1) is 32.6. The number of benzene rings is 2. The van der Waals surface area contributed by atoms with Crippen molar-refractivity contribution in [2.75, 3.05) is 18.0 Å². The zero-order valence-corrected chi connectivity index (χ0v) is 25.6. The van der Waals surface area contributed by atoms with Crippen LogP contribution >= 0.6 is 0 Å². The van der Waals surface area contributed by atoms with Gasteiger partial charge in [0.2, 0.25) is 11.4 Å². The molecule has 0 fully saturated rings. The molecule has 3 aromatic rings. The smallest absolute Gasteiger partial charge is 0.347 e. The van der Waals surface area contributed by atoms with Crippen LogP contribution in [-0.2, 0) is 31.2 Å². The van der Waals surface area contributed by atoms with Crippen molar-refractivity contribution in [3.63, 3.8) is 0 Å². The number of aliphatic carboxylic acids is 1. The summed E-state index contributed by atoms with van der Waals surface area (Å²) in [7, 11) is 1.59. The van der Waals surface area contributed by atoms with Gasteiger partial charge >= 0.3 is 11.7 Å². The van der Waals surface area contributed by atoms with E-state index in [2.05, 4.69) is 24.2 Å². The highest BCUT2D eigenvalue weighted by atomic mass is 16.5. The Bertz CT molecular complexity index is 1380. The Balaban J connectivity index is 1.81. The fraction of sp³-hybridized carbons (Fsp3) is 0.515. The van der Waals surface area contributed by atoms with Gasteiger partial charge < -0.3 is 14.7 Å². The topological polar surface area (TPSA) is 107 Å². The highest BCUT2D eigenvalue weighted by molar-refractivity contribution is 5.77. The lowest BCUT2D eigenvalue weighted by molar-refractivity contribution is -0.154. The standard InChI is InChI=1S/C33H46N4O5/c1-5-7-8-9-13-23-37-30(38)29(34-35(4)32(37)41)36(24-20-26-14-11-10-12-15-26)25-21-27-16-18-28(19-17-27)42-33(3,22-6-2)31(39)40/h10-12,14-19H,5-9,13,20-25H2,1-4H3,(H,39,40). The first-order valence-electron chi connectivity index (χ1n) is 15.2. The Morgan fingerprint density at radius 1 is 0.905 bits per heavy atom. The van der Waals surface area contributed by atoms with Gasteiger partial charge in [-0.05, 0) is 55.9 Å². The van der Waals surface area contributed by atoms with E-state index < -0.39 is 17.3 Å². The zero-order valence-electron chi connectivity index (χ0n) is 25.6. The molecule has 0 bridgehead atoms. The Morgan fingerprint density at radius 2 is 1.52 bits per heavy atom. The molecule has 0 radical (unpaired) electrons. The lowest BCUT2D eigenvalue weighted by Crippen LogP contribution is -2.45. The molecule has 1 aromatic heterocycles. The van der Waals surface area contributed by atoms with Crippen LogP contribution in [0.4, 0.5) is 5.82 Å². The summed E-state index contributed by atoms with van der Waals surface area (Å²) in [5.74, 6) is -0.211. The van der Waals surface area contributed by atoms with Crippen molar-refractivity contribution in [1.82, 2.24) is 14.3 Å². The monoisotopic (exact) mass is 578 g/mol. The van der Waals surface area contributed by atoms with Crippen LogP contribution < -0.4 is 20.9 Å². The second-order valence-corrected chi connectivity index (χ2v) is 11.1. The normalized spacial score (nSPS) is 12.6. The molecule has 0 aliphatic rings. The molecule has 1 heterocycles. The number of rotatable bonds is 18. The van der Waals surface area contributed by atoms with Crippen molar-refractivity contribution < 1.29 is 14.6 Å². The van der Waals surface area contributed by atoms with Gasteiger partial charge in [0, 0.05) is 26.7 Å². The van der Waals surface area contributed by atoms with E-state index in [1.54, 1.807) is 26.1 Å². The van der Waals surface area contributed by atoms with Gasteiger partial charge in [-0.25, -0.2) is 14.3 Å². The molecular formula is C33H46N4O5. The van der Waals surface area contributed by atoms with Gasteiger partial charge in [-0.15, -0.1) is 5.10 Å². The summed E-state index contributed by atoms with van der Waals surface area (Å²) in [6.07, 6.45) is 7.56. The summed E-state index contributed by atoms with van der Waals surface area (Å²) < 4.78 is 8.44. The van der Waals surface area contributed by atoms with E-state index in [1.165, 1.54) is 9.25 Å². The van der Waals surface area contributed by atoms with Gasteiger partial charge in [-0.2, -0.15) is 0 Å². The number of aromatic nitrogens is 3. The average molecular weight is 579 g/mol. The fourth-order valence-corrected chi connectivity index (χ4v) is 5.04. The maximum atomic E-state index is 13.6. The number of hydrogen-bond donors (Lipinski definition) is 1. The highest BCUT2D eigenvalue weighted by Crippen LogP contribution is 2.24. The van der Waals surface area contributed by atoms with E-state index in [9.17, 15) is 19.5 Å². The number of hydrogen-bond acceptors (Lipinski definition) is 6. The van der Waals surface area contributed by atoms with Crippen LogP contribution in [0, 0.1) is 0 Å². The number of unbranched alkanes of at least 4 members (excludes halogenated alkanes) is 4. The molecular weight excluding hydrogens is 532 g/mol. The maximum absolute atomic E-state index is 13.6. The minimum atomic E-state index is -1.28. The Kier molecular flexibility index (Phi) is 12.4. The summed E-state index contributed by atoms with van der Waals surface area (Å²) in [4.78, 5) is 40.2. The molecule has 0 aliphatic carbocycles. The Labute approximate surface area is 248 Å². The van der Waals surface area contributed by atoms with Crippen LogP contribution in [0.15, 0.2) is 64.2 Å². The quantitative estimate of drug-likeness (QED) is 0.206. The first-order valence-corrected chi connectivity index (χ1v) is 15.2. The van der Waals surface area contributed by atoms with Crippen molar-refractivity contribution in [2.24, 2.45) is 7.05 Å². The number of ether oxygens (including phenoxy) is 1. The second-order valence-electron chi connectivity index (χ2n) is 11.1. The lowest BCUT2D eigenvalue weighted by atomic mass is 10.0. The second kappa shape index (κ2) is 15.9. The molecule has 3 rings (SSSR count). The van der Waals surface area contributed by atoms with Crippen molar-refractivity contribution in [3.8, 4) is 5.75 Å². The van der Waals surface area contributed by atoms with Crippen LogP contribution in [0.3, 0.4) is 0 Å². The highest BCUT2D eigenvalue weighted by Gasteiger charge is 2.34. The number of carbonyl (C=O) groups is 1. The predicted octanol–water partition coefficient (Wildman–Crippen LogP) is 5.23. The van der Waals surface area contributed by atoms with Crippen LogP contribution in [-0.4, -0.2) is 44.1 Å². The van der Waals surface area contributed by atoms with Gasteiger partial charge in [0.25, 0.3) is 5.56 Å². The van der Waals surface area contributed by atoms with Gasteiger partial charge in [0.15, 0.2) is 0 Å². The van der Waals surface area contributed by atoms with Crippen molar-refractivity contribution in [3.05, 3.63) is 86.6 Å². The molecule has 1 unspecified atom stereocenters. The van der Waals surface area contributed by atoms with Gasteiger partial charge in [-0.3, -0.25) is 9.36 Å². The number of nitrogens with zero attached hydrogens (tertiary/aromatic N) is 4. The summed E-state index contributed by atoms with van der Waals surface area (Å²) >= 11 is 0. The van der Waals surface area contributed by atoms with Crippen molar-refractivity contribution >= 4 is 11.8 Å². The van der Waals surface area contributed by atoms with Crippen molar-refractivity contribution in [1.29, 1.82) is 0 Å². The fourth-order valence-electron chi connectivity index (χ4n) is 5.04.